The van der Waals surface area contributed by atoms with E-state index in [1.54, 1.807) is 6.08 Å². The summed E-state index contributed by atoms with van der Waals surface area (Å²) in [6.07, 6.45) is 3.06. The van der Waals surface area contributed by atoms with Crippen LogP contribution in [0.1, 0.15) is 32.4 Å². The summed E-state index contributed by atoms with van der Waals surface area (Å²) in [6, 6.07) is 9.79. The van der Waals surface area contributed by atoms with E-state index < -0.39 is 6.29 Å². The minimum absolute atomic E-state index is 0.000703. The van der Waals surface area contributed by atoms with Gasteiger partial charge in [0.2, 0.25) is 5.91 Å². The van der Waals surface area contributed by atoms with Gasteiger partial charge in [0.05, 0.1) is 6.04 Å². The Bertz CT molecular complexity index is 480. The lowest BCUT2D eigenvalue weighted by atomic mass is 10.1. The van der Waals surface area contributed by atoms with Gasteiger partial charge in [-0.15, -0.1) is 0 Å². The Morgan fingerprint density at radius 1 is 1.14 bits per heavy atom. The van der Waals surface area contributed by atoms with Crippen LogP contribution >= 0.6 is 0 Å². The summed E-state index contributed by atoms with van der Waals surface area (Å²) in [5, 5.41) is 0. The molecule has 0 aromatic heterocycles. The van der Waals surface area contributed by atoms with E-state index in [0.717, 1.165) is 5.56 Å². The highest BCUT2D eigenvalue weighted by atomic mass is 16.7. The molecule has 2 rings (SSSR count). The lowest BCUT2D eigenvalue weighted by Gasteiger charge is -2.35. The fraction of sp³-hybridized carbons (Fsp3) is 0.471. The van der Waals surface area contributed by atoms with Gasteiger partial charge in [-0.05, 0) is 26.3 Å². The minimum atomic E-state index is -0.422. The van der Waals surface area contributed by atoms with E-state index in [2.05, 4.69) is 0 Å². The zero-order chi connectivity index (χ0) is 15.2. The molecule has 4 heteroatoms. The van der Waals surface area contributed by atoms with E-state index in [4.69, 9.17) is 9.47 Å². The number of benzene rings is 1. The molecule has 114 valence electrons. The van der Waals surface area contributed by atoms with Crippen molar-refractivity contribution in [2.75, 3.05) is 13.2 Å². The smallest absolute Gasteiger partial charge is 0.247 e. The van der Waals surface area contributed by atoms with Crippen LogP contribution in [0, 0.1) is 0 Å². The SMILES string of the molecule is CCOC(OCC)[C@H]1C=CC(=O)N1[C@H](C)c1ccccc1. The van der Waals surface area contributed by atoms with Crippen LogP contribution in [-0.4, -0.2) is 36.4 Å². The summed E-state index contributed by atoms with van der Waals surface area (Å²) in [4.78, 5) is 14.1. The number of hydrogen-bond donors (Lipinski definition) is 0. The van der Waals surface area contributed by atoms with Crippen LogP contribution in [0.2, 0.25) is 0 Å². The number of rotatable bonds is 7. The first-order valence-corrected chi connectivity index (χ1v) is 7.47. The second-order valence-corrected chi connectivity index (χ2v) is 4.96. The van der Waals surface area contributed by atoms with Crippen LogP contribution in [0.25, 0.3) is 0 Å². The highest BCUT2D eigenvalue weighted by molar-refractivity contribution is 5.91. The normalized spacial score (nSPS) is 19.5. The molecule has 0 spiro atoms. The van der Waals surface area contributed by atoms with Crippen molar-refractivity contribution in [2.45, 2.75) is 39.1 Å². The average molecular weight is 289 g/mol. The van der Waals surface area contributed by atoms with E-state index in [9.17, 15) is 4.79 Å². The van der Waals surface area contributed by atoms with E-state index in [1.807, 2.05) is 62.1 Å². The number of nitrogens with zero attached hydrogens (tertiary/aromatic N) is 1. The molecule has 0 radical (unpaired) electrons. The highest BCUT2D eigenvalue weighted by Crippen LogP contribution is 2.29. The van der Waals surface area contributed by atoms with Crippen molar-refractivity contribution in [2.24, 2.45) is 0 Å². The van der Waals surface area contributed by atoms with Crippen molar-refractivity contribution in [3.8, 4) is 0 Å². The maximum atomic E-state index is 12.2. The first-order valence-electron chi connectivity index (χ1n) is 7.47. The molecule has 4 nitrogen and oxygen atoms in total. The van der Waals surface area contributed by atoms with Gasteiger partial charge in [-0.2, -0.15) is 0 Å². The zero-order valence-electron chi connectivity index (χ0n) is 12.9. The summed E-state index contributed by atoms with van der Waals surface area (Å²) in [5.41, 5.74) is 1.10. The van der Waals surface area contributed by atoms with Crippen LogP contribution in [0.15, 0.2) is 42.5 Å². The van der Waals surface area contributed by atoms with Gasteiger partial charge in [-0.3, -0.25) is 4.79 Å². The van der Waals surface area contributed by atoms with Crippen LogP contribution in [-0.2, 0) is 14.3 Å². The van der Waals surface area contributed by atoms with Gasteiger partial charge in [0, 0.05) is 19.3 Å². The van der Waals surface area contributed by atoms with Gasteiger partial charge in [0.25, 0.3) is 0 Å². The Hall–Kier alpha value is -1.65. The van der Waals surface area contributed by atoms with Crippen LogP contribution in [0.3, 0.4) is 0 Å². The molecule has 0 saturated heterocycles. The minimum Gasteiger partial charge on any atom is -0.350 e. The molecule has 1 aliphatic rings. The Kier molecular flexibility index (Phi) is 5.53. The molecular formula is C17H23NO3. The number of carbonyl (C=O) groups excluding carboxylic acids is 1. The molecule has 0 bridgehead atoms. The molecule has 0 fully saturated rings. The van der Waals surface area contributed by atoms with Crippen LogP contribution in [0.5, 0.6) is 0 Å². The molecule has 1 aliphatic heterocycles. The van der Waals surface area contributed by atoms with Gasteiger partial charge < -0.3 is 14.4 Å². The Morgan fingerprint density at radius 2 is 1.76 bits per heavy atom. The Morgan fingerprint density at radius 3 is 2.33 bits per heavy atom. The number of hydrogen-bond acceptors (Lipinski definition) is 3. The van der Waals surface area contributed by atoms with Gasteiger partial charge in [0.1, 0.15) is 6.04 Å². The van der Waals surface area contributed by atoms with Gasteiger partial charge in [0.15, 0.2) is 6.29 Å². The van der Waals surface area contributed by atoms with Gasteiger partial charge >= 0.3 is 0 Å². The molecule has 1 aromatic carbocycles. The molecule has 1 heterocycles. The molecule has 2 atom stereocenters. The summed E-state index contributed by atoms with van der Waals surface area (Å²) in [6.45, 7) is 6.99. The van der Waals surface area contributed by atoms with E-state index in [0.29, 0.717) is 13.2 Å². The maximum absolute atomic E-state index is 12.2. The fourth-order valence-corrected chi connectivity index (χ4v) is 2.64. The van der Waals surface area contributed by atoms with E-state index in [1.165, 1.54) is 0 Å². The standard InChI is InChI=1S/C17H23NO3/c1-4-20-17(21-5-2)15-11-12-16(19)18(15)13(3)14-9-7-6-8-10-14/h6-13,15,17H,4-5H2,1-3H3/t13-,15-/m1/s1. The van der Waals surface area contributed by atoms with Crippen molar-refractivity contribution in [1.29, 1.82) is 0 Å². The highest BCUT2D eigenvalue weighted by Gasteiger charge is 2.36. The number of ether oxygens (including phenoxy) is 2. The summed E-state index contributed by atoms with van der Waals surface area (Å²) < 4.78 is 11.3. The summed E-state index contributed by atoms with van der Waals surface area (Å²) in [5.74, 6) is 0.000703. The second-order valence-electron chi connectivity index (χ2n) is 4.96. The van der Waals surface area contributed by atoms with Crippen LogP contribution in [0.4, 0.5) is 0 Å². The molecule has 0 aliphatic carbocycles. The van der Waals surface area contributed by atoms with Crippen molar-refractivity contribution in [3.63, 3.8) is 0 Å². The van der Waals surface area contributed by atoms with Gasteiger partial charge in [-0.25, -0.2) is 0 Å². The van der Waals surface area contributed by atoms with E-state index in [-0.39, 0.29) is 18.0 Å². The van der Waals surface area contributed by atoms with Crippen molar-refractivity contribution in [1.82, 2.24) is 4.90 Å². The largest absolute Gasteiger partial charge is 0.350 e. The third-order valence-electron chi connectivity index (χ3n) is 3.65. The third-order valence-corrected chi connectivity index (χ3v) is 3.65. The molecule has 0 unspecified atom stereocenters. The summed E-state index contributed by atoms with van der Waals surface area (Å²) >= 11 is 0. The third kappa shape index (κ3) is 3.52. The monoisotopic (exact) mass is 289 g/mol. The van der Waals surface area contributed by atoms with Crippen LogP contribution < -0.4 is 0 Å². The predicted molar refractivity (Wildman–Crippen MR) is 81.7 cm³/mol. The first kappa shape index (κ1) is 15.7. The van der Waals surface area contributed by atoms with E-state index >= 15 is 0 Å². The quantitative estimate of drug-likeness (QED) is 0.724. The topological polar surface area (TPSA) is 38.8 Å². The van der Waals surface area contributed by atoms with Crippen molar-refractivity contribution >= 4 is 5.91 Å². The summed E-state index contributed by atoms with van der Waals surface area (Å²) in [7, 11) is 0. The van der Waals surface area contributed by atoms with Crippen molar-refractivity contribution < 1.29 is 14.3 Å². The fourth-order valence-electron chi connectivity index (χ4n) is 2.64. The molecular weight excluding hydrogens is 266 g/mol. The Labute approximate surface area is 126 Å². The zero-order valence-corrected chi connectivity index (χ0v) is 12.9. The predicted octanol–water partition coefficient (Wildman–Crippen LogP) is 2.91. The molecule has 0 saturated carbocycles. The first-order chi connectivity index (χ1) is 10.2. The maximum Gasteiger partial charge on any atom is 0.247 e. The number of carbonyl (C=O) groups is 1. The number of amides is 1. The molecule has 1 amide bonds. The molecule has 1 aromatic rings. The molecule has 0 N–H and O–H groups in total. The average Bonchev–Trinajstić information content (AvgIpc) is 2.89. The molecule has 21 heavy (non-hydrogen) atoms. The van der Waals surface area contributed by atoms with Gasteiger partial charge in [-0.1, -0.05) is 36.4 Å². The lowest BCUT2D eigenvalue weighted by Crippen LogP contribution is -2.45. The Balaban J connectivity index is 2.21. The second kappa shape index (κ2) is 7.38. The lowest BCUT2D eigenvalue weighted by molar-refractivity contribution is -0.171. The van der Waals surface area contributed by atoms with Crippen molar-refractivity contribution in [3.05, 3.63) is 48.0 Å².